The fraction of sp³-hybridized carbons (Fsp3) is 0.467. The zero-order valence-electron chi connectivity index (χ0n) is 24.8. The normalized spacial score (nSPS) is 14.7. The van der Waals surface area contributed by atoms with Gasteiger partial charge in [-0.1, -0.05) is 19.4 Å². The number of rotatable bonds is 9. The monoisotopic (exact) mass is 608 g/mol. The molecular weight excluding hydrogens is 572 g/mol. The van der Waals surface area contributed by atoms with Crippen LogP contribution in [0.1, 0.15) is 47.1 Å². The van der Waals surface area contributed by atoms with E-state index in [1.165, 1.54) is 6.07 Å². The predicted molar refractivity (Wildman–Crippen MR) is 157 cm³/mol. The Bertz CT molecular complexity index is 1610. The maximum Gasteiger partial charge on any atom is 0.409 e. The van der Waals surface area contributed by atoms with E-state index < -0.39 is 5.91 Å². The molecule has 0 unspecified atom stereocenters. The highest BCUT2D eigenvalue weighted by Gasteiger charge is 2.27. The lowest BCUT2D eigenvalue weighted by molar-refractivity contribution is -0.134. The number of piperazine rings is 1. The van der Waals surface area contributed by atoms with E-state index in [9.17, 15) is 24.0 Å². The van der Waals surface area contributed by atoms with E-state index in [4.69, 9.17) is 14.0 Å². The van der Waals surface area contributed by atoms with Gasteiger partial charge in [0.15, 0.2) is 12.4 Å². The van der Waals surface area contributed by atoms with Crippen molar-refractivity contribution in [2.45, 2.75) is 39.7 Å². The van der Waals surface area contributed by atoms with Crippen LogP contribution in [0.25, 0.3) is 10.9 Å². The number of hydrogen-bond acceptors (Lipinski definition) is 9. The summed E-state index contributed by atoms with van der Waals surface area (Å²) >= 11 is 0. The first-order valence-corrected chi connectivity index (χ1v) is 14.7. The van der Waals surface area contributed by atoms with E-state index in [0.29, 0.717) is 73.7 Å². The van der Waals surface area contributed by atoms with Gasteiger partial charge in [0.05, 0.1) is 30.8 Å². The van der Waals surface area contributed by atoms with Gasteiger partial charge in [0.2, 0.25) is 5.91 Å². The Morgan fingerprint density at radius 3 is 2.57 bits per heavy atom. The summed E-state index contributed by atoms with van der Waals surface area (Å²) < 4.78 is 16.3. The van der Waals surface area contributed by atoms with Crippen molar-refractivity contribution >= 4 is 34.7 Å². The Morgan fingerprint density at radius 1 is 1.02 bits per heavy atom. The minimum absolute atomic E-state index is 0.0368. The molecule has 0 radical (unpaired) electrons. The van der Waals surface area contributed by atoms with Crippen molar-refractivity contribution in [2.75, 3.05) is 52.5 Å². The second-order valence-corrected chi connectivity index (χ2v) is 10.8. The van der Waals surface area contributed by atoms with Crippen LogP contribution in [0.2, 0.25) is 0 Å². The quantitative estimate of drug-likeness (QED) is 0.343. The summed E-state index contributed by atoms with van der Waals surface area (Å²) in [6, 6.07) is 6.94. The summed E-state index contributed by atoms with van der Waals surface area (Å²) in [4.78, 5) is 72.0. The number of benzene rings is 1. The molecule has 5 rings (SSSR count). The minimum Gasteiger partial charge on any atom is -0.483 e. The maximum atomic E-state index is 13.1. The molecule has 14 nitrogen and oxygen atoms in total. The molecule has 234 valence electrons. The van der Waals surface area contributed by atoms with Crippen LogP contribution in [0, 0.1) is 6.92 Å². The highest BCUT2D eigenvalue weighted by molar-refractivity contribution is 5.98. The van der Waals surface area contributed by atoms with E-state index in [-0.39, 0.29) is 48.9 Å². The van der Waals surface area contributed by atoms with Crippen molar-refractivity contribution in [3.8, 4) is 5.75 Å². The van der Waals surface area contributed by atoms with Crippen LogP contribution in [0.4, 0.5) is 4.79 Å². The van der Waals surface area contributed by atoms with Gasteiger partial charge in [0.1, 0.15) is 11.4 Å². The summed E-state index contributed by atoms with van der Waals surface area (Å²) in [5.41, 5.74) is 1.73. The van der Waals surface area contributed by atoms with Crippen LogP contribution in [-0.2, 0) is 27.3 Å². The first kappa shape index (κ1) is 30.6. The number of aromatic nitrogens is 2. The second-order valence-electron chi connectivity index (χ2n) is 10.8. The van der Waals surface area contributed by atoms with Crippen molar-refractivity contribution in [3.05, 3.63) is 57.2 Å². The number of hydrogen-bond donors (Lipinski definition) is 2. The second kappa shape index (κ2) is 13.6. The van der Waals surface area contributed by atoms with Crippen molar-refractivity contribution in [3.63, 3.8) is 0 Å². The molecule has 2 aliphatic heterocycles. The average Bonchev–Trinajstić information content (AvgIpc) is 3.41. The largest absolute Gasteiger partial charge is 0.483 e. The first-order chi connectivity index (χ1) is 21.2. The van der Waals surface area contributed by atoms with Gasteiger partial charge in [0, 0.05) is 44.2 Å². The molecule has 4 heterocycles. The molecule has 0 saturated carbocycles. The number of fused-ring (bicyclic) bond motifs is 2. The van der Waals surface area contributed by atoms with Crippen LogP contribution < -0.4 is 15.6 Å². The lowest BCUT2D eigenvalue weighted by Gasteiger charge is -2.34. The van der Waals surface area contributed by atoms with Gasteiger partial charge in [-0.05, 0) is 37.5 Å². The number of pyridine rings is 1. The highest BCUT2D eigenvalue weighted by Crippen LogP contribution is 2.27. The van der Waals surface area contributed by atoms with Gasteiger partial charge in [-0.25, -0.2) is 9.78 Å². The molecular formula is C30H36N6O8. The summed E-state index contributed by atoms with van der Waals surface area (Å²) in [6.45, 7) is 5.65. The zero-order valence-corrected chi connectivity index (χ0v) is 24.8. The molecule has 2 aromatic heterocycles. The predicted octanol–water partition coefficient (Wildman–Crippen LogP) is 1.60. The van der Waals surface area contributed by atoms with E-state index in [1.807, 2.05) is 26.0 Å². The van der Waals surface area contributed by atoms with Gasteiger partial charge < -0.3 is 34.0 Å². The zero-order chi connectivity index (χ0) is 31.2. The molecule has 4 amide bonds. The van der Waals surface area contributed by atoms with Crippen LogP contribution in [0.5, 0.6) is 5.75 Å². The standard InChI is InChI=1S/C30H36N6O8/c1-3-4-13-42-30(41)35-11-9-34(10-12-35)26(37)16-31-29(40)23-15-24(20-6-5-19(2)14-22(20)32-23)43-18-27(38)36-8-7-21-25(17-36)44-33-28(21)39/h5-6,14-15H,3-4,7-13,16-18H2,1-2H3,(H,31,40)(H,33,39). The lowest BCUT2D eigenvalue weighted by Crippen LogP contribution is -2.52. The number of amides is 4. The molecule has 14 heteroatoms. The summed E-state index contributed by atoms with van der Waals surface area (Å²) in [6.07, 6.45) is 1.74. The van der Waals surface area contributed by atoms with Crippen LogP contribution in [0.15, 0.2) is 33.6 Å². The third-order valence-corrected chi connectivity index (χ3v) is 7.72. The SMILES string of the molecule is CCCCOC(=O)N1CCN(C(=O)CNC(=O)c2cc(OCC(=O)N3CCc4c(o[nH]c4=O)C3)c3ccc(C)cc3n2)CC1. The summed E-state index contributed by atoms with van der Waals surface area (Å²) in [7, 11) is 0. The topological polar surface area (TPSA) is 167 Å². The van der Waals surface area contributed by atoms with Crippen LogP contribution in [0.3, 0.4) is 0 Å². The Morgan fingerprint density at radius 2 is 1.80 bits per heavy atom. The number of H-pyrrole nitrogens is 1. The molecule has 1 aromatic carbocycles. The number of carbonyl (C=O) groups is 4. The van der Waals surface area contributed by atoms with Gasteiger partial charge in [-0.2, -0.15) is 5.16 Å². The van der Waals surface area contributed by atoms with Gasteiger partial charge in [-0.15, -0.1) is 0 Å². The van der Waals surface area contributed by atoms with Gasteiger partial charge >= 0.3 is 6.09 Å². The molecule has 3 aromatic rings. The molecule has 1 fully saturated rings. The van der Waals surface area contributed by atoms with E-state index in [2.05, 4.69) is 15.5 Å². The van der Waals surface area contributed by atoms with Gasteiger partial charge in [-0.3, -0.25) is 19.2 Å². The third-order valence-electron chi connectivity index (χ3n) is 7.72. The van der Waals surface area contributed by atoms with Crippen molar-refractivity contribution in [1.82, 2.24) is 30.2 Å². The molecule has 2 N–H and O–H groups in total. The third kappa shape index (κ3) is 7.01. The smallest absolute Gasteiger partial charge is 0.409 e. The Balaban J connectivity index is 1.18. The molecule has 0 aliphatic carbocycles. The number of aromatic amines is 1. The molecule has 2 aliphatic rings. The Kier molecular flexibility index (Phi) is 9.46. The molecule has 0 bridgehead atoms. The molecule has 0 atom stereocenters. The molecule has 44 heavy (non-hydrogen) atoms. The number of unbranched alkanes of at least 4 members (excludes halogenated alkanes) is 1. The summed E-state index contributed by atoms with van der Waals surface area (Å²) in [5.74, 6) is -0.420. The summed E-state index contributed by atoms with van der Waals surface area (Å²) in [5, 5.41) is 5.56. The highest BCUT2D eigenvalue weighted by atomic mass is 16.6. The first-order valence-electron chi connectivity index (χ1n) is 14.7. The number of nitrogens with one attached hydrogen (secondary N) is 2. The minimum atomic E-state index is -0.567. The van der Waals surface area contributed by atoms with Gasteiger partial charge in [0.25, 0.3) is 17.4 Å². The van der Waals surface area contributed by atoms with E-state index in [0.717, 1.165) is 18.4 Å². The number of nitrogens with zero attached hydrogens (tertiary/aromatic N) is 4. The number of ether oxygens (including phenoxy) is 2. The Hall–Kier alpha value is -4.88. The Labute approximate surface area is 253 Å². The van der Waals surface area contributed by atoms with Crippen molar-refractivity contribution in [2.24, 2.45) is 0 Å². The van der Waals surface area contributed by atoms with E-state index in [1.54, 1.807) is 20.8 Å². The fourth-order valence-corrected chi connectivity index (χ4v) is 5.12. The maximum absolute atomic E-state index is 13.1. The lowest BCUT2D eigenvalue weighted by atomic mass is 10.1. The average molecular weight is 609 g/mol. The van der Waals surface area contributed by atoms with Crippen LogP contribution in [-0.4, -0.2) is 101 Å². The van der Waals surface area contributed by atoms with Crippen molar-refractivity contribution in [1.29, 1.82) is 0 Å². The van der Waals surface area contributed by atoms with Crippen molar-refractivity contribution < 1.29 is 33.2 Å². The van der Waals surface area contributed by atoms with Crippen LogP contribution >= 0.6 is 0 Å². The van der Waals surface area contributed by atoms with E-state index >= 15 is 0 Å². The number of carbonyl (C=O) groups excluding carboxylic acids is 4. The molecule has 1 saturated heterocycles. The molecule has 0 spiro atoms. The number of aryl methyl sites for hydroxylation is 1. The fourth-order valence-electron chi connectivity index (χ4n) is 5.12.